The third kappa shape index (κ3) is 4.03. The third-order valence-electron chi connectivity index (χ3n) is 5.92. The summed E-state index contributed by atoms with van der Waals surface area (Å²) in [5.74, 6) is -0.367. The number of thiazole rings is 1. The summed E-state index contributed by atoms with van der Waals surface area (Å²) in [6, 6.07) is 12.6. The largest absolute Gasteiger partial charge is 0.298 e. The molecule has 0 saturated carbocycles. The molecule has 0 spiro atoms. The predicted molar refractivity (Wildman–Crippen MR) is 122 cm³/mol. The summed E-state index contributed by atoms with van der Waals surface area (Å²) in [6.07, 6.45) is 5.18. The number of anilines is 1. The van der Waals surface area contributed by atoms with Crippen LogP contribution in [-0.2, 0) is 22.9 Å². The van der Waals surface area contributed by atoms with Gasteiger partial charge in [0.25, 0.3) is 5.91 Å². The Kier molecular flexibility index (Phi) is 5.37. The van der Waals surface area contributed by atoms with E-state index < -0.39 is 10.0 Å². The first-order valence-electron chi connectivity index (χ1n) is 10.5. The summed E-state index contributed by atoms with van der Waals surface area (Å²) in [4.78, 5) is 17.5. The number of sulfonamides is 1. The van der Waals surface area contributed by atoms with Crippen molar-refractivity contribution < 1.29 is 13.2 Å². The van der Waals surface area contributed by atoms with E-state index in [1.54, 1.807) is 18.2 Å². The number of aryl methyl sites for hydroxylation is 2. The molecule has 31 heavy (non-hydrogen) atoms. The fourth-order valence-corrected chi connectivity index (χ4v) is 6.52. The van der Waals surface area contributed by atoms with Crippen molar-refractivity contribution >= 4 is 32.4 Å². The molecule has 2 aliphatic rings. The molecule has 3 aromatic rings. The molecule has 1 fully saturated rings. The lowest BCUT2D eigenvalue weighted by Gasteiger charge is -2.15. The van der Waals surface area contributed by atoms with E-state index in [4.69, 9.17) is 0 Å². The molecular weight excluding hydrogens is 430 g/mol. The van der Waals surface area contributed by atoms with E-state index in [0.29, 0.717) is 23.8 Å². The van der Waals surface area contributed by atoms with Crippen molar-refractivity contribution in [2.24, 2.45) is 0 Å². The van der Waals surface area contributed by atoms with Crippen LogP contribution in [-0.4, -0.2) is 36.7 Å². The normalized spacial score (nSPS) is 16.4. The van der Waals surface area contributed by atoms with Gasteiger partial charge in [0.2, 0.25) is 10.0 Å². The molecule has 1 aliphatic carbocycles. The number of hydrogen-bond acceptors (Lipinski definition) is 5. The van der Waals surface area contributed by atoms with E-state index in [0.717, 1.165) is 36.9 Å². The molecule has 0 radical (unpaired) electrons. The molecular formula is C23H23N3O3S2. The number of rotatable bonds is 5. The van der Waals surface area contributed by atoms with Gasteiger partial charge in [0, 0.05) is 29.6 Å². The van der Waals surface area contributed by atoms with Gasteiger partial charge in [0.1, 0.15) is 0 Å². The van der Waals surface area contributed by atoms with Gasteiger partial charge in [-0.1, -0.05) is 18.2 Å². The molecule has 2 heterocycles. The SMILES string of the molecule is O=C(Nc1nc(-c2ccc3c(c2)CCC3)cs1)c1cccc(S(=O)(=O)N2CCCC2)c1. The summed E-state index contributed by atoms with van der Waals surface area (Å²) in [7, 11) is -3.56. The number of nitrogens with one attached hydrogen (secondary N) is 1. The highest BCUT2D eigenvalue weighted by Crippen LogP contribution is 2.30. The molecule has 2 aromatic carbocycles. The molecule has 1 N–H and O–H groups in total. The highest BCUT2D eigenvalue weighted by molar-refractivity contribution is 7.89. The summed E-state index contributed by atoms with van der Waals surface area (Å²) in [5, 5.41) is 5.23. The van der Waals surface area contributed by atoms with Crippen LogP contribution in [0.15, 0.2) is 52.7 Å². The lowest BCUT2D eigenvalue weighted by atomic mass is 10.1. The number of carbonyl (C=O) groups is 1. The van der Waals surface area contributed by atoms with Crippen molar-refractivity contribution in [3.05, 3.63) is 64.5 Å². The van der Waals surface area contributed by atoms with Crippen LogP contribution in [0.3, 0.4) is 0 Å². The number of amides is 1. The Balaban J connectivity index is 1.33. The number of aromatic nitrogens is 1. The van der Waals surface area contributed by atoms with Gasteiger partial charge < -0.3 is 0 Å². The second-order valence-corrected chi connectivity index (χ2v) is 10.8. The van der Waals surface area contributed by atoms with Gasteiger partial charge in [-0.25, -0.2) is 13.4 Å². The van der Waals surface area contributed by atoms with Crippen molar-refractivity contribution in [3.63, 3.8) is 0 Å². The van der Waals surface area contributed by atoms with Crippen LogP contribution in [0.5, 0.6) is 0 Å². The van der Waals surface area contributed by atoms with Crippen LogP contribution in [0.25, 0.3) is 11.3 Å². The molecule has 0 atom stereocenters. The standard InChI is InChI=1S/C23H23N3O3S2/c27-22(19-7-4-8-20(14-19)31(28,29)26-11-1-2-12-26)25-23-24-21(15-30-23)18-10-9-16-5-3-6-17(16)13-18/h4,7-10,13-15H,1-3,5-6,11-12H2,(H,24,25,27). The van der Waals surface area contributed by atoms with E-state index in [9.17, 15) is 13.2 Å². The maximum absolute atomic E-state index is 12.8. The van der Waals surface area contributed by atoms with Crippen LogP contribution in [0, 0.1) is 0 Å². The number of fused-ring (bicyclic) bond motifs is 1. The zero-order valence-electron chi connectivity index (χ0n) is 17.0. The van der Waals surface area contributed by atoms with Gasteiger partial charge >= 0.3 is 0 Å². The Morgan fingerprint density at radius 2 is 1.81 bits per heavy atom. The predicted octanol–water partition coefficient (Wildman–Crippen LogP) is 4.34. The fourth-order valence-electron chi connectivity index (χ4n) is 4.24. The second-order valence-electron chi connectivity index (χ2n) is 7.97. The fraction of sp³-hybridized carbons (Fsp3) is 0.304. The minimum Gasteiger partial charge on any atom is -0.298 e. The molecule has 6 nitrogen and oxygen atoms in total. The van der Waals surface area contributed by atoms with Gasteiger partial charge in [-0.2, -0.15) is 4.31 Å². The van der Waals surface area contributed by atoms with E-state index in [2.05, 4.69) is 28.5 Å². The second kappa shape index (κ2) is 8.18. The van der Waals surface area contributed by atoms with Gasteiger partial charge in [0.05, 0.1) is 10.6 Å². The van der Waals surface area contributed by atoms with Gasteiger partial charge in [-0.05, 0) is 67.5 Å². The lowest BCUT2D eigenvalue weighted by molar-refractivity contribution is 0.102. The zero-order chi connectivity index (χ0) is 21.4. The Morgan fingerprint density at radius 1 is 1.00 bits per heavy atom. The molecule has 0 bridgehead atoms. The molecule has 8 heteroatoms. The lowest BCUT2D eigenvalue weighted by Crippen LogP contribution is -2.28. The van der Waals surface area contributed by atoms with Crippen LogP contribution < -0.4 is 5.32 Å². The molecule has 1 amide bonds. The Hall–Kier alpha value is -2.55. The van der Waals surface area contributed by atoms with Crippen molar-refractivity contribution in [1.82, 2.24) is 9.29 Å². The topological polar surface area (TPSA) is 79.4 Å². The first-order valence-corrected chi connectivity index (χ1v) is 12.8. The van der Waals surface area contributed by atoms with Crippen molar-refractivity contribution in [1.29, 1.82) is 0 Å². The highest BCUT2D eigenvalue weighted by atomic mass is 32.2. The summed E-state index contributed by atoms with van der Waals surface area (Å²) < 4.78 is 27.1. The van der Waals surface area contributed by atoms with Crippen LogP contribution in [0.4, 0.5) is 5.13 Å². The third-order valence-corrected chi connectivity index (χ3v) is 8.57. The van der Waals surface area contributed by atoms with E-state index >= 15 is 0 Å². The smallest absolute Gasteiger partial charge is 0.257 e. The molecule has 5 rings (SSSR count). The van der Waals surface area contributed by atoms with E-state index in [1.165, 1.54) is 39.3 Å². The molecule has 1 aliphatic heterocycles. The van der Waals surface area contributed by atoms with Crippen LogP contribution in [0.1, 0.15) is 40.7 Å². The molecule has 160 valence electrons. The maximum Gasteiger partial charge on any atom is 0.257 e. The average Bonchev–Trinajstić information content (AvgIpc) is 3.54. The quantitative estimate of drug-likeness (QED) is 0.623. The zero-order valence-corrected chi connectivity index (χ0v) is 18.6. The van der Waals surface area contributed by atoms with Gasteiger partial charge in [-0.3, -0.25) is 10.1 Å². The Morgan fingerprint density at radius 3 is 2.65 bits per heavy atom. The van der Waals surface area contributed by atoms with Gasteiger partial charge in [0.15, 0.2) is 5.13 Å². The minimum absolute atomic E-state index is 0.153. The van der Waals surface area contributed by atoms with Crippen LogP contribution >= 0.6 is 11.3 Å². The first-order chi connectivity index (χ1) is 15.0. The maximum atomic E-state index is 12.8. The van der Waals surface area contributed by atoms with Crippen molar-refractivity contribution in [2.75, 3.05) is 18.4 Å². The minimum atomic E-state index is -3.56. The molecule has 1 saturated heterocycles. The van der Waals surface area contributed by atoms with Crippen molar-refractivity contribution in [2.45, 2.75) is 37.0 Å². The number of carbonyl (C=O) groups excluding carboxylic acids is 1. The summed E-state index contributed by atoms with van der Waals surface area (Å²) >= 11 is 1.36. The number of benzene rings is 2. The first kappa shape index (κ1) is 20.4. The summed E-state index contributed by atoms with van der Waals surface area (Å²) in [5.41, 5.74) is 4.98. The number of nitrogens with zero attached hydrogens (tertiary/aromatic N) is 2. The monoisotopic (exact) mass is 453 g/mol. The van der Waals surface area contributed by atoms with Crippen molar-refractivity contribution in [3.8, 4) is 11.3 Å². The Bertz CT molecular complexity index is 1240. The van der Waals surface area contributed by atoms with Gasteiger partial charge in [-0.15, -0.1) is 11.3 Å². The van der Waals surface area contributed by atoms with E-state index in [-0.39, 0.29) is 10.8 Å². The molecule has 0 unspecified atom stereocenters. The van der Waals surface area contributed by atoms with Crippen LogP contribution in [0.2, 0.25) is 0 Å². The number of hydrogen-bond donors (Lipinski definition) is 1. The molecule has 1 aromatic heterocycles. The van der Waals surface area contributed by atoms with E-state index in [1.807, 2.05) is 5.38 Å². The average molecular weight is 454 g/mol. The summed E-state index contributed by atoms with van der Waals surface area (Å²) in [6.45, 7) is 1.06. The highest BCUT2D eigenvalue weighted by Gasteiger charge is 2.27. The Labute approximate surface area is 186 Å².